The number of hydrogen-bond donors (Lipinski definition) is 3. The fraction of sp³-hybridized carbons (Fsp3) is 0.429. The van der Waals surface area contributed by atoms with E-state index in [1.165, 1.54) is 0 Å². The lowest BCUT2D eigenvalue weighted by molar-refractivity contribution is -0.136. The number of carbonyl (C=O) groups excluding carboxylic acids is 1. The highest BCUT2D eigenvalue weighted by Crippen LogP contribution is 2.15. The van der Waals surface area contributed by atoms with Crippen molar-refractivity contribution in [1.29, 1.82) is 0 Å². The highest BCUT2D eigenvalue weighted by atomic mass is 16.4. The van der Waals surface area contributed by atoms with Crippen LogP contribution >= 0.6 is 0 Å². The van der Waals surface area contributed by atoms with Gasteiger partial charge in [0.1, 0.15) is 0 Å². The zero-order chi connectivity index (χ0) is 14.5. The number of carbonyl (C=O) groups is 2. The van der Waals surface area contributed by atoms with Crippen LogP contribution in [0, 0.1) is 0 Å². The summed E-state index contributed by atoms with van der Waals surface area (Å²) >= 11 is 0. The van der Waals surface area contributed by atoms with Gasteiger partial charge >= 0.3 is 5.97 Å². The van der Waals surface area contributed by atoms with E-state index in [1.54, 1.807) is 31.2 Å². The van der Waals surface area contributed by atoms with Gasteiger partial charge in [-0.2, -0.15) is 0 Å². The van der Waals surface area contributed by atoms with Crippen LogP contribution in [0.4, 0.5) is 5.69 Å². The number of carboxylic acid groups (broad SMARTS) is 1. The normalized spacial score (nSPS) is 13.6. The first-order chi connectivity index (χ1) is 8.85. The van der Waals surface area contributed by atoms with Gasteiger partial charge in [0.05, 0.1) is 12.0 Å². The molecule has 19 heavy (non-hydrogen) atoms. The number of rotatable bonds is 6. The van der Waals surface area contributed by atoms with Crippen molar-refractivity contribution in [1.82, 2.24) is 0 Å². The molecule has 0 spiro atoms. The second kappa shape index (κ2) is 6.33. The Bertz CT molecular complexity index is 452. The number of aliphatic carboxylic acids is 1. The molecule has 0 aromatic heterocycles. The average Bonchev–Trinajstić information content (AvgIpc) is 2.30. The molecule has 0 fully saturated rings. The van der Waals surface area contributed by atoms with Crippen molar-refractivity contribution in [3.63, 3.8) is 0 Å². The van der Waals surface area contributed by atoms with Crippen LogP contribution in [0.2, 0.25) is 0 Å². The van der Waals surface area contributed by atoms with Gasteiger partial charge in [-0.15, -0.1) is 0 Å². The molecular weight excluding hydrogens is 244 g/mol. The molecule has 4 N–H and O–H groups in total. The number of carboxylic acids is 1. The molecule has 1 aromatic carbocycles. The fourth-order valence-electron chi connectivity index (χ4n) is 1.79. The molecule has 0 saturated carbocycles. The van der Waals surface area contributed by atoms with Crippen molar-refractivity contribution in [2.45, 2.75) is 38.6 Å². The maximum atomic E-state index is 12.0. The Morgan fingerprint density at radius 1 is 1.32 bits per heavy atom. The zero-order valence-electron chi connectivity index (χ0n) is 11.3. The number of nitrogens with two attached hydrogens (primary N) is 1. The highest BCUT2D eigenvalue weighted by molar-refractivity contribution is 5.97. The Morgan fingerprint density at radius 2 is 1.89 bits per heavy atom. The Morgan fingerprint density at radius 3 is 2.37 bits per heavy atom. The Kier molecular flexibility index (Phi) is 5.06. The second-order valence-corrected chi connectivity index (χ2v) is 4.89. The van der Waals surface area contributed by atoms with Crippen LogP contribution in [-0.4, -0.2) is 22.5 Å². The number of anilines is 1. The van der Waals surface area contributed by atoms with Crippen LogP contribution in [0.3, 0.4) is 0 Å². The van der Waals surface area contributed by atoms with E-state index in [1.807, 2.05) is 6.92 Å². The summed E-state index contributed by atoms with van der Waals surface area (Å²) in [6.07, 6.45) is 1.41. The fourth-order valence-corrected chi connectivity index (χ4v) is 1.79. The van der Waals surface area contributed by atoms with Gasteiger partial charge in [-0.1, -0.05) is 25.5 Å². The third kappa shape index (κ3) is 4.71. The van der Waals surface area contributed by atoms with E-state index in [-0.39, 0.29) is 12.3 Å². The van der Waals surface area contributed by atoms with Crippen LogP contribution in [0.25, 0.3) is 0 Å². The second-order valence-electron chi connectivity index (χ2n) is 4.89. The van der Waals surface area contributed by atoms with E-state index in [0.717, 1.165) is 6.42 Å². The minimum absolute atomic E-state index is 0.0291. The van der Waals surface area contributed by atoms with Crippen LogP contribution in [0.5, 0.6) is 0 Å². The van der Waals surface area contributed by atoms with Crippen molar-refractivity contribution >= 4 is 17.6 Å². The maximum absolute atomic E-state index is 12.0. The quantitative estimate of drug-likeness (QED) is 0.730. The Balaban J connectivity index is 2.67. The first kappa shape index (κ1) is 15.2. The molecule has 1 unspecified atom stereocenters. The predicted octanol–water partition coefficient (Wildman–Crippen LogP) is 1.77. The molecule has 1 amide bonds. The summed E-state index contributed by atoms with van der Waals surface area (Å²) in [6, 6.07) is 6.71. The molecule has 0 aliphatic heterocycles. The Labute approximate surface area is 112 Å². The van der Waals surface area contributed by atoms with Gasteiger partial charge < -0.3 is 16.2 Å². The van der Waals surface area contributed by atoms with Crippen molar-refractivity contribution in [2.75, 3.05) is 5.32 Å². The van der Waals surface area contributed by atoms with E-state index in [2.05, 4.69) is 5.32 Å². The molecule has 0 aliphatic rings. The Hall–Kier alpha value is -1.88. The summed E-state index contributed by atoms with van der Waals surface area (Å²) in [5.41, 5.74) is 6.34. The highest BCUT2D eigenvalue weighted by Gasteiger charge is 2.26. The van der Waals surface area contributed by atoms with Gasteiger partial charge in [-0.25, -0.2) is 0 Å². The standard InChI is InChI=1S/C14H20N2O3/c1-3-8-14(2,15)13(19)16-11-6-4-10(5-7-11)9-12(17)18/h4-7H,3,8-9,15H2,1-2H3,(H,16,19)(H,17,18). The molecule has 0 bridgehead atoms. The lowest BCUT2D eigenvalue weighted by Crippen LogP contribution is -2.48. The maximum Gasteiger partial charge on any atom is 0.307 e. The number of hydrogen-bond acceptors (Lipinski definition) is 3. The van der Waals surface area contributed by atoms with Gasteiger partial charge in [0.25, 0.3) is 0 Å². The van der Waals surface area contributed by atoms with E-state index < -0.39 is 11.5 Å². The minimum atomic E-state index is -0.894. The molecule has 1 rings (SSSR count). The van der Waals surface area contributed by atoms with Crippen molar-refractivity contribution in [3.05, 3.63) is 29.8 Å². The van der Waals surface area contributed by atoms with Gasteiger partial charge in [0.2, 0.25) is 5.91 Å². The van der Waals surface area contributed by atoms with Crippen molar-refractivity contribution < 1.29 is 14.7 Å². The molecule has 5 heteroatoms. The lowest BCUT2D eigenvalue weighted by Gasteiger charge is -2.22. The molecule has 0 heterocycles. The third-order valence-electron chi connectivity index (χ3n) is 2.86. The molecule has 1 aromatic rings. The van der Waals surface area contributed by atoms with Crippen LogP contribution in [-0.2, 0) is 16.0 Å². The zero-order valence-corrected chi connectivity index (χ0v) is 11.3. The van der Waals surface area contributed by atoms with E-state index in [0.29, 0.717) is 17.7 Å². The summed E-state index contributed by atoms with van der Waals surface area (Å²) in [6.45, 7) is 3.67. The van der Waals surface area contributed by atoms with Crippen LogP contribution in [0.1, 0.15) is 32.3 Å². The van der Waals surface area contributed by atoms with E-state index in [9.17, 15) is 9.59 Å². The van der Waals surface area contributed by atoms with E-state index in [4.69, 9.17) is 10.8 Å². The van der Waals surface area contributed by atoms with Gasteiger partial charge in [-0.3, -0.25) is 9.59 Å². The first-order valence-electron chi connectivity index (χ1n) is 6.26. The largest absolute Gasteiger partial charge is 0.481 e. The number of amides is 1. The SMILES string of the molecule is CCCC(C)(N)C(=O)Nc1ccc(CC(=O)O)cc1. The predicted molar refractivity (Wildman–Crippen MR) is 73.9 cm³/mol. The molecule has 0 aliphatic carbocycles. The van der Waals surface area contributed by atoms with Crippen molar-refractivity contribution in [3.8, 4) is 0 Å². The summed E-state index contributed by atoms with van der Waals surface area (Å²) in [4.78, 5) is 22.5. The monoisotopic (exact) mass is 264 g/mol. The first-order valence-corrected chi connectivity index (χ1v) is 6.26. The van der Waals surface area contributed by atoms with Crippen molar-refractivity contribution in [2.24, 2.45) is 5.73 Å². The summed E-state index contributed by atoms with van der Waals surface area (Å²) < 4.78 is 0. The third-order valence-corrected chi connectivity index (χ3v) is 2.86. The summed E-state index contributed by atoms with van der Waals surface area (Å²) in [5.74, 6) is -1.12. The lowest BCUT2D eigenvalue weighted by atomic mass is 9.96. The van der Waals surface area contributed by atoms with Crippen LogP contribution in [0.15, 0.2) is 24.3 Å². The smallest absolute Gasteiger partial charge is 0.307 e. The molecule has 5 nitrogen and oxygen atoms in total. The summed E-state index contributed by atoms with van der Waals surface area (Å²) in [5, 5.41) is 11.4. The molecule has 1 atom stereocenters. The molecule has 0 radical (unpaired) electrons. The van der Waals surface area contributed by atoms with E-state index >= 15 is 0 Å². The number of benzene rings is 1. The van der Waals surface area contributed by atoms with Crippen LogP contribution < -0.4 is 11.1 Å². The van der Waals surface area contributed by atoms with Gasteiger partial charge in [-0.05, 0) is 31.0 Å². The van der Waals surface area contributed by atoms with Gasteiger partial charge in [0, 0.05) is 5.69 Å². The molecular formula is C14H20N2O3. The topological polar surface area (TPSA) is 92.4 Å². The number of nitrogens with one attached hydrogen (secondary N) is 1. The van der Waals surface area contributed by atoms with Gasteiger partial charge in [0.15, 0.2) is 0 Å². The summed E-state index contributed by atoms with van der Waals surface area (Å²) in [7, 11) is 0. The molecule has 104 valence electrons. The average molecular weight is 264 g/mol. The molecule has 0 saturated heterocycles. The minimum Gasteiger partial charge on any atom is -0.481 e.